The number of benzene rings is 2. The molecule has 1 unspecified atom stereocenters. The standard InChI is InChI=1S/C16H16BrClFN/c1-2-20-16(13-5-3-4-6-14(13)17)9-11-7-8-12(18)10-15(11)19/h3-8,10,16,20H,2,9H2,1H3. The summed E-state index contributed by atoms with van der Waals surface area (Å²) in [5, 5.41) is 3.82. The van der Waals surface area contributed by atoms with Crippen LogP contribution in [0.2, 0.25) is 5.02 Å². The van der Waals surface area contributed by atoms with Gasteiger partial charge in [0.25, 0.3) is 0 Å². The highest BCUT2D eigenvalue weighted by Gasteiger charge is 2.16. The fraction of sp³-hybridized carbons (Fsp3) is 0.250. The molecule has 0 aliphatic carbocycles. The van der Waals surface area contributed by atoms with Crippen molar-refractivity contribution in [1.29, 1.82) is 0 Å². The first-order valence-electron chi connectivity index (χ1n) is 6.53. The van der Waals surface area contributed by atoms with E-state index in [1.54, 1.807) is 12.1 Å². The van der Waals surface area contributed by atoms with Crippen LogP contribution in [-0.4, -0.2) is 6.54 Å². The van der Waals surface area contributed by atoms with Crippen molar-refractivity contribution in [3.63, 3.8) is 0 Å². The van der Waals surface area contributed by atoms with Crippen LogP contribution >= 0.6 is 27.5 Å². The van der Waals surface area contributed by atoms with E-state index < -0.39 is 0 Å². The molecule has 20 heavy (non-hydrogen) atoms. The van der Waals surface area contributed by atoms with Crippen LogP contribution in [-0.2, 0) is 6.42 Å². The number of nitrogens with one attached hydrogen (secondary N) is 1. The second-order valence-electron chi connectivity index (χ2n) is 4.57. The summed E-state index contributed by atoms with van der Waals surface area (Å²) in [7, 11) is 0. The van der Waals surface area contributed by atoms with Gasteiger partial charge in [0.1, 0.15) is 5.82 Å². The predicted molar refractivity (Wildman–Crippen MR) is 85.7 cm³/mol. The molecule has 0 aromatic heterocycles. The van der Waals surface area contributed by atoms with E-state index >= 15 is 0 Å². The molecule has 0 aliphatic rings. The summed E-state index contributed by atoms with van der Waals surface area (Å²) in [6, 6.07) is 12.9. The van der Waals surface area contributed by atoms with E-state index in [2.05, 4.69) is 21.2 Å². The van der Waals surface area contributed by atoms with Gasteiger partial charge in [-0.15, -0.1) is 0 Å². The molecule has 0 amide bonds. The van der Waals surface area contributed by atoms with Crippen molar-refractivity contribution >= 4 is 27.5 Å². The summed E-state index contributed by atoms with van der Waals surface area (Å²) in [6.45, 7) is 2.86. The van der Waals surface area contributed by atoms with E-state index in [1.807, 2.05) is 31.2 Å². The van der Waals surface area contributed by atoms with Gasteiger partial charge in [0, 0.05) is 15.5 Å². The molecule has 1 nitrogen and oxygen atoms in total. The average molecular weight is 357 g/mol. The Labute approximate surface area is 132 Å². The van der Waals surface area contributed by atoms with E-state index in [0.717, 1.165) is 16.6 Å². The summed E-state index contributed by atoms with van der Waals surface area (Å²) >= 11 is 9.35. The molecule has 2 aromatic carbocycles. The molecular weight excluding hydrogens is 341 g/mol. The van der Waals surface area contributed by atoms with Gasteiger partial charge in [0.05, 0.1) is 0 Å². The van der Waals surface area contributed by atoms with Gasteiger partial charge >= 0.3 is 0 Å². The van der Waals surface area contributed by atoms with Gasteiger partial charge < -0.3 is 5.32 Å². The van der Waals surface area contributed by atoms with Gasteiger partial charge in [-0.3, -0.25) is 0 Å². The molecule has 0 bridgehead atoms. The number of hydrogen-bond donors (Lipinski definition) is 1. The normalized spacial score (nSPS) is 12.4. The van der Waals surface area contributed by atoms with E-state index in [1.165, 1.54) is 6.07 Å². The average Bonchev–Trinajstić information content (AvgIpc) is 2.42. The Kier molecular flexibility index (Phi) is 5.58. The van der Waals surface area contributed by atoms with Crippen molar-refractivity contribution in [2.75, 3.05) is 6.54 Å². The highest BCUT2D eigenvalue weighted by molar-refractivity contribution is 9.10. The molecule has 0 heterocycles. The Morgan fingerprint density at radius 3 is 2.65 bits per heavy atom. The van der Waals surface area contributed by atoms with Gasteiger partial charge in [0.2, 0.25) is 0 Å². The van der Waals surface area contributed by atoms with Crippen molar-refractivity contribution in [2.45, 2.75) is 19.4 Å². The van der Waals surface area contributed by atoms with Gasteiger partial charge in [-0.1, -0.05) is 58.7 Å². The minimum atomic E-state index is -0.257. The highest BCUT2D eigenvalue weighted by Crippen LogP contribution is 2.27. The fourth-order valence-electron chi connectivity index (χ4n) is 2.20. The number of halogens is 3. The van der Waals surface area contributed by atoms with Crippen molar-refractivity contribution in [3.8, 4) is 0 Å². The molecule has 0 saturated heterocycles. The topological polar surface area (TPSA) is 12.0 Å². The maximum absolute atomic E-state index is 13.9. The monoisotopic (exact) mass is 355 g/mol. The van der Waals surface area contributed by atoms with Crippen LogP contribution < -0.4 is 5.32 Å². The number of likely N-dealkylation sites (N-methyl/N-ethyl adjacent to an activating group) is 1. The zero-order chi connectivity index (χ0) is 14.5. The third-order valence-corrected chi connectivity index (χ3v) is 4.13. The van der Waals surface area contributed by atoms with Crippen LogP contribution in [0.1, 0.15) is 24.1 Å². The van der Waals surface area contributed by atoms with Crippen LogP contribution in [0.5, 0.6) is 0 Å². The second-order valence-corrected chi connectivity index (χ2v) is 5.86. The summed E-state index contributed by atoms with van der Waals surface area (Å²) in [4.78, 5) is 0. The Bertz CT molecular complexity index is 588. The van der Waals surface area contributed by atoms with E-state index in [9.17, 15) is 4.39 Å². The van der Waals surface area contributed by atoms with Gasteiger partial charge in [-0.25, -0.2) is 4.39 Å². The maximum Gasteiger partial charge on any atom is 0.127 e. The summed E-state index contributed by atoms with van der Waals surface area (Å²) in [5.41, 5.74) is 1.79. The number of hydrogen-bond acceptors (Lipinski definition) is 1. The molecule has 1 atom stereocenters. The maximum atomic E-state index is 13.9. The molecular formula is C16H16BrClFN. The molecule has 0 fully saturated rings. The second kappa shape index (κ2) is 7.21. The minimum Gasteiger partial charge on any atom is -0.310 e. The SMILES string of the molecule is CCNC(Cc1ccc(Cl)cc1F)c1ccccc1Br. The molecule has 4 heteroatoms. The predicted octanol–water partition coefficient (Wildman–Crippen LogP) is 5.13. The summed E-state index contributed by atoms with van der Waals surface area (Å²) < 4.78 is 15.0. The molecule has 0 spiro atoms. The first-order chi connectivity index (χ1) is 9.61. The fourth-order valence-corrected chi connectivity index (χ4v) is 2.92. The molecule has 106 valence electrons. The van der Waals surface area contributed by atoms with Crippen LogP contribution in [0.3, 0.4) is 0 Å². The smallest absolute Gasteiger partial charge is 0.127 e. The quantitative estimate of drug-likeness (QED) is 0.782. The first kappa shape index (κ1) is 15.5. The lowest BCUT2D eigenvalue weighted by Crippen LogP contribution is -2.23. The molecule has 0 saturated carbocycles. The van der Waals surface area contributed by atoms with Crippen molar-refractivity contribution in [2.24, 2.45) is 0 Å². The van der Waals surface area contributed by atoms with Gasteiger partial charge in [-0.05, 0) is 42.3 Å². The third-order valence-electron chi connectivity index (χ3n) is 3.17. The van der Waals surface area contributed by atoms with Crippen LogP contribution in [0, 0.1) is 5.82 Å². The third kappa shape index (κ3) is 3.81. The van der Waals surface area contributed by atoms with Crippen molar-refractivity contribution in [1.82, 2.24) is 5.32 Å². The van der Waals surface area contributed by atoms with Crippen molar-refractivity contribution in [3.05, 3.63) is 68.9 Å². The zero-order valence-electron chi connectivity index (χ0n) is 11.2. The van der Waals surface area contributed by atoms with Gasteiger partial charge in [0.15, 0.2) is 0 Å². The molecule has 1 N–H and O–H groups in total. The largest absolute Gasteiger partial charge is 0.310 e. The lowest BCUT2D eigenvalue weighted by molar-refractivity contribution is 0.526. The lowest BCUT2D eigenvalue weighted by Gasteiger charge is -2.20. The van der Waals surface area contributed by atoms with Gasteiger partial charge in [-0.2, -0.15) is 0 Å². The molecule has 0 radical (unpaired) electrons. The van der Waals surface area contributed by atoms with E-state index in [4.69, 9.17) is 11.6 Å². The molecule has 0 aliphatic heterocycles. The first-order valence-corrected chi connectivity index (χ1v) is 7.70. The highest BCUT2D eigenvalue weighted by atomic mass is 79.9. The van der Waals surface area contributed by atoms with Crippen molar-refractivity contribution < 1.29 is 4.39 Å². The molecule has 2 aromatic rings. The van der Waals surface area contributed by atoms with Crippen LogP contribution in [0.15, 0.2) is 46.9 Å². The molecule has 2 rings (SSSR count). The van der Waals surface area contributed by atoms with Crippen LogP contribution in [0.25, 0.3) is 0 Å². The summed E-state index contributed by atoms with van der Waals surface area (Å²) in [5.74, 6) is -0.257. The zero-order valence-corrected chi connectivity index (χ0v) is 13.5. The Morgan fingerprint density at radius 1 is 1.25 bits per heavy atom. The van der Waals surface area contributed by atoms with E-state index in [0.29, 0.717) is 17.0 Å². The Morgan fingerprint density at radius 2 is 2.00 bits per heavy atom. The number of rotatable bonds is 5. The lowest BCUT2D eigenvalue weighted by atomic mass is 9.98. The minimum absolute atomic E-state index is 0.0613. The van der Waals surface area contributed by atoms with Crippen LogP contribution in [0.4, 0.5) is 4.39 Å². The van der Waals surface area contributed by atoms with E-state index in [-0.39, 0.29) is 11.9 Å². The summed E-state index contributed by atoms with van der Waals surface area (Å²) in [6.07, 6.45) is 0.583. The Balaban J connectivity index is 2.28. The Hall–Kier alpha value is -0.900.